The normalized spacial score (nSPS) is 24.1. The van der Waals surface area contributed by atoms with Crippen LogP contribution in [-0.2, 0) is 10.0 Å². The van der Waals surface area contributed by atoms with Gasteiger partial charge in [0.05, 0.1) is 12.0 Å². The van der Waals surface area contributed by atoms with Crippen LogP contribution in [0.4, 0.5) is 0 Å². The molecule has 0 bridgehead atoms. The van der Waals surface area contributed by atoms with E-state index in [0.717, 1.165) is 18.4 Å². The lowest BCUT2D eigenvalue weighted by Crippen LogP contribution is -2.47. The highest BCUT2D eigenvalue weighted by atomic mass is 32.2. The fraction of sp³-hybridized carbons (Fsp3) is 0.409. The highest BCUT2D eigenvalue weighted by Crippen LogP contribution is 2.47. The molecule has 1 N–H and O–H groups in total. The Kier molecular flexibility index (Phi) is 6.33. The van der Waals surface area contributed by atoms with Crippen LogP contribution < -0.4 is 9.46 Å². The van der Waals surface area contributed by atoms with Crippen LogP contribution in [0.2, 0.25) is 0 Å². The summed E-state index contributed by atoms with van der Waals surface area (Å²) in [6.07, 6.45) is 7.42. The van der Waals surface area contributed by atoms with Crippen LogP contribution in [0.15, 0.2) is 66.2 Å². The SMILES string of the molecule is CCC1[C@H](n2cnnc2)C(c2cccnc2OC)CC[C@@H]1NS(=O)(=O)c1ccccc1. The second-order valence-electron chi connectivity index (χ2n) is 7.80. The first-order chi connectivity index (χ1) is 15.0. The van der Waals surface area contributed by atoms with Crippen molar-refractivity contribution in [2.75, 3.05) is 7.11 Å². The molecular weight excluding hydrogens is 414 g/mol. The summed E-state index contributed by atoms with van der Waals surface area (Å²) in [4.78, 5) is 4.66. The molecule has 1 fully saturated rings. The summed E-state index contributed by atoms with van der Waals surface area (Å²) in [6, 6.07) is 12.2. The van der Waals surface area contributed by atoms with Crippen molar-refractivity contribution in [3.63, 3.8) is 0 Å². The lowest BCUT2D eigenvalue weighted by Gasteiger charge is -2.43. The topological polar surface area (TPSA) is 99.0 Å². The molecule has 4 atom stereocenters. The minimum Gasteiger partial charge on any atom is -0.481 e. The highest BCUT2D eigenvalue weighted by molar-refractivity contribution is 7.89. The standard InChI is InChI=1S/C22H27N5O3S/c1-3-17-20(26-31(28,29)16-8-5-4-6-9-16)12-11-18(21(17)27-14-24-25-15-27)19-10-7-13-23-22(19)30-2/h4-10,13-15,17-18,20-21,26H,3,11-12H2,1-2H3/t17?,18?,20-,21-/m0/s1. The lowest BCUT2D eigenvalue weighted by molar-refractivity contribution is 0.161. The number of sulfonamides is 1. The largest absolute Gasteiger partial charge is 0.481 e. The van der Waals surface area contributed by atoms with Gasteiger partial charge in [0.25, 0.3) is 0 Å². The van der Waals surface area contributed by atoms with E-state index in [9.17, 15) is 8.42 Å². The number of pyridine rings is 1. The summed E-state index contributed by atoms with van der Waals surface area (Å²) in [7, 11) is -2.00. The smallest absolute Gasteiger partial charge is 0.240 e. The first-order valence-electron chi connectivity index (χ1n) is 10.5. The average molecular weight is 442 g/mol. The fourth-order valence-electron chi connectivity index (χ4n) is 4.81. The minimum atomic E-state index is -3.62. The number of ether oxygens (including phenoxy) is 1. The first kappa shape index (κ1) is 21.5. The van der Waals surface area contributed by atoms with Crippen molar-refractivity contribution in [2.24, 2.45) is 5.92 Å². The molecule has 0 saturated heterocycles. The van der Waals surface area contributed by atoms with Gasteiger partial charge < -0.3 is 9.30 Å². The molecule has 8 nitrogen and oxygen atoms in total. The second-order valence-corrected chi connectivity index (χ2v) is 9.51. The molecule has 1 aliphatic carbocycles. The summed E-state index contributed by atoms with van der Waals surface area (Å²) in [6.45, 7) is 2.09. The van der Waals surface area contributed by atoms with Gasteiger partial charge in [-0.05, 0) is 43.4 Å². The molecular formula is C22H27N5O3S. The summed E-state index contributed by atoms with van der Waals surface area (Å²) in [5, 5.41) is 8.02. The maximum atomic E-state index is 13.0. The van der Waals surface area contributed by atoms with E-state index in [1.807, 2.05) is 22.8 Å². The Morgan fingerprint density at radius 2 is 1.84 bits per heavy atom. The van der Waals surface area contributed by atoms with Crippen LogP contribution >= 0.6 is 0 Å². The van der Waals surface area contributed by atoms with Crippen LogP contribution in [0.25, 0.3) is 0 Å². The molecule has 31 heavy (non-hydrogen) atoms. The monoisotopic (exact) mass is 441 g/mol. The molecule has 1 saturated carbocycles. The Hall–Kier alpha value is -2.78. The van der Waals surface area contributed by atoms with Gasteiger partial charge in [-0.3, -0.25) is 0 Å². The molecule has 164 valence electrons. The van der Waals surface area contributed by atoms with E-state index in [4.69, 9.17) is 4.74 Å². The number of nitrogens with one attached hydrogen (secondary N) is 1. The third kappa shape index (κ3) is 4.33. The van der Waals surface area contributed by atoms with Gasteiger partial charge in [-0.15, -0.1) is 10.2 Å². The number of rotatable bonds is 7. The zero-order valence-corrected chi connectivity index (χ0v) is 18.4. The van der Waals surface area contributed by atoms with Crippen LogP contribution in [0.3, 0.4) is 0 Å². The van der Waals surface area contributed by atoms with Crippen LogP contribution in [0.5, 0.6) is 5.88 Å². The van der Waals surface area contributed by atoms with Gasteiger partial charge in [0, 0.05) is 29.8 Å². The molecule has 1 aromatic carbocycles. The summed E-state index contributed by atoms with van der Waals surface area (Å²) in [5.74, 6) is 0.740. The van der Waals surface area contributed by atoms with Crippen molar-refractivity contribution >= 4 is 10.0 Å². The van der Waals surface area contributed by atoms with E-state index in [1.54, 1.807) is 50.2 Å². The summed E-state index contributed by atoms with van der Waals surface area (Å²) in [5.41, 5.74) is 1.02. The Morgan fingerprint density at radius 3 is 2.52 bits per heavy atom. The molecule has 1 aliphatic rings. The predicted molar refractivity (Wildman–Crippen MR) is 116 cm³/mol. The van der Waals surface area contributed by atoms with E-state index in [2.05, 4.69) is 26.8 Å². The van der Waals surface area contributed by atoms with Crippen molar-refractivity contribution in [1.29, 1.82) is 0 Å². The first-order valence-corrected chi connectivity index (χ1v) is 11.9. The minimum absolute atomic E-state index is 0.0321. The Balaban J connectivity index is 1.70. The van der Waals surface area contributed by atoms with Gasteiger partial charge in [-0.2, -0.15) is 0 Å². The quantitative estimate of drug-likeness (QED) is 0.605. The van der Waals surface area contributed by atoms with Gasteiger partial charge in [-0.25, -0.2) is 18.1 Å². The fourth-order valence-corrected chi connectivity index (χ4v) is 6.15. The van der Waals surface area contributed by atoms with E-state index >= 15 is 0 Å². The van der Waals surface area contributed by atoms with Crippen LogP contribution in [-0.4, -0.2) is 41.3 Å². The van der Waals surface area contributed by atoms with E-state index < -0.39 is 10.0 Å². The average Bonchev–Trinajstić information content (AvgIpc) is 3.33. The van der Waals surface area contributed by atoms with Gasteiger partial charge >= 0.3 is 0 Å². The van der Waals surface area contributed by atoms with Crippen molar-refractivity contribution in [3.8, 4) is 5.88 Å². The van der Waals surface area contributed by atoms with Crippen molar-refractivity contribution in [3.05, 3.63) is 66.9 Å². The number of benzene rings is 1. The van der Waals surface area contributed by atoms with Crippen molar-refractivity contribution in [1.82, 2.24) is 24.5 Å². The molecule has 2 aromatic heterocycles. The second kappa shape index (κ2) is 9.15. The Labute approximate surface area is 182 Å². The third-order valence-electron chi connectivity index (χ3n) is 6.16. The number of aromatic nitrogens is 4. The number of nitrogens with zero attached hydrogens (tertiary/aromatic N) is 4. The van der Waals surface area contributed by atoms with Gasteiger partial charge in [0.2, 0.25) is 15.9 Å². The maximum Gasteiger partial charge on any atom is 0.240 e. The molecule has 0 amide bonds. The highest BCUT2D eigenvalue weighted by Gasteiger charge is 2.42. The maximum absolute atomic E-state index is 13.0. The number of hydrogen-bond donors (Lipinski definition) is 1. The molecule has 2 heterocycles. The molecule has 2 unspecified atom stereocenters. The molecule has 3 aromatic rings. The molecule has 4 rings (SSSR count). The summed E-state index contributed by atoms with van der Waals surface area (Å²) >= 11 is 0. The molecule has 9 heteroatoms. The Morgan fingerprint density at radius 1 is 1.10 bits per heavy atom. The van der Waals surface area contributed by atoms with Crippen LogP contribution in [0.1, 0.15) is 43.7 Å². The van der Waals surface area contributed by atoms with Gasteiger partial charge in [0.15, 0.2) is 0 Å². The predicted octanol–water partition coefficient (Wildman–Crippen LogP) is 3.17. The van der Waals surface area contributed by atoms with E-state index in [1.165, 1.54) is 0 Å². The zero-order chi connectivity index (χ0) is 21.8. The van der Waals surface area contributed by atoms with Gasteiger partial charge in [0.1, 0.15) is 12.7 Å². The number of hydrogen-bond acceptors (Lipinski definition) is 6. The molecule has 0 aliphatic heterocycles. The van der Waals surface area contributed by atoms with Crippen molar-refractivity contribution < 1.29 is 13.2 Å². The van der Waals surface area contributed by atoms with Gasteiger partial charge in [-0.1, -0.05) is 31.2 Å². The zero-order valence-electron chi connectivity index (χ0n) is 17.6. The summed E-state index contributed by atoms with van der Waals surface area (Å²) < 4.78 is 36.6. The molecule has 0 radical (unpaired) electrons. The van der Waals surface area contributed by atoms with Crippen LogP contribution in [0, 0.1) is 5.92 Å². The van der Waals surface area contributed by atoms with Crippen molar-refractivity contribution in [2.45, 2.75) is 49.1 Å². The lowest BCUT2D eigenvalue weighted by atomic mass is 9.70. The van der Waals surface area contributed by atoms with E-state index in [0.29, 0.717) is 12.3 Å². The molecule has 0 spiro atoms. The van der Waals surface area contributed by atoms with E-state index in [-0.39, 0.29) is 28.8 Å². The third-order valence-corrected chi connectivity index (χ3v) is 7.67. The number of methoxy groups -OCH3 is 1. The Bertz CT molecular complexity index is 1090.